The van der Waals surface area contributed by atoms with E-state index in [2.05, 4.69) is 15.9 Å². The number of hydrogen-bond donors (Lipinski definition) is 2. The molecule has 0 radical (unpaired) electrons. The molecule has 11 heteroatoms. The summed E-state index contributed by atoms with van der Waals surface area (Å²) in [6, 6.07) is 3.29. The molecule has 1 aliphatic heterocycles. The summed E-state index contributed by atoms with van der Waals surface area (Å²) < 4.78 is 0.912. The van der Waals surface area contributed by atoms with Gasteiger partial charge in [-0.2, -0.15) is 0 Å². The van der Waals surface area contributed by atoms with E-state index < -0.39 is 28.0 Å². The number of fused-ring (bicyclic) bond motifs is 1. The molecule has 0 bridgehead atoms. The average Bonchev–Trinajstić information content (AvgIpc) is 2.75. The van der Waals surface area contributed by atoms with E-state index in [1.54, 1.807) is 0 Å². The Bertz CT molecular complexity index is 1020. The zero-order valence-corrected chi connectivity index (χ0v) is 13.8. The van der Waals surface area contributed by atoms with Crippen LogP contribution in [0.25, 0.3) is 5.69 Å². The van der Waals surface area contributed by atoms with Crippen LogP contribution in [0.5, 0.6) is 0 Å². The molecule has 2 amide bonds. The first kappa shape index (κ1) is 16.1. The summed E-state index contributed by atoms with van der Waals surface area (Å²) in [6.07, 6.45) is 0. The number of nitrogens with one attached hydrogen (secondary N) is 1. The highest BCUT2D eigenvalue weighted by molar-refractivity contribution is 9.10. The van der Waals surface area contributed by atoms with Crippen molar-refractivity contribution < 1.29 is 14.5 Å². The van der Waals surface area contributed by atoms with Crippen LogP contribution < -0.4 is 16.6 Å². The number of nitrogen functional groups attached to an aromatic ring is 1. The highest BCUT2D eigenvalue weighted by Crippen LogP contribution is 2.35. The Balaban J connectivity index is 2.44. The summed E-state index contributed by atoms with van der Waals surface area (Å²) in [7, 11) is 0. The fourth-order valence-electron chi connectivity index (χ4n) is 2.42. The second kappa shape index (κ2) is 5.42. The van der Waals surface area contributed by atoms with Crippen molar-refractivity contribution >= 4 is 50.9 Å². The summed E-state index contributed by atoms with van der Waals surface area (Å²) >= 11 is 8.91. The molecular weight excluding hydrogens is 408 g/mol. The number of nitro groups is 1. The molecule has 0 aliphatic carbocycles. The maximum Gasteiger partial charge on any atom is 0.296 e. The molecule has 2 aromatic rings. The van der Waals surface area contributed by atoms with Gasteiger partial charge in [0.25, 0.3) is 23.1 Å². The first-order valence-electron chi connectivity index (χ1n) is 6.27. The quantitative estimate of drug-likeness (QED) is 0.436. The molecule has 1 aromatic carbocycles. The molecule has 3 rings (SSSR count). The number of rotatable bonds is 2. The zero-order chi connectivity index (χ0) is 17.8. The topological polar surface area (TPSA) is 137 Å². The van der Waals surface area contributed by atoms with Crippen LogP contribution in [0.15, 0.2) is 27.5 Å². The number of anilines is 1. The van der Waals surface area contributed by atoms with E-state index >= 15 is 0 Å². The maximum atomic E-state index is 12.4. The molecule has 24 heavy (non-hydrogen) atoms. The summed E-state index contributed by atoms with van der Waals surface area (Å²) in [5.41, 5.74) is 3.99. The number of nitro benzene ring substituents is 1. The van der Waals surface area contributed by atoms with Gasteiger partial charge in [0.05, 0.1) is 20.5 Å². The molecule has 0 atom stereocenters. The van der Waals surface area contributed by atoms with Crippen molar-refractivity contribution in [3.05, 3.63) is 59.3 Å². The number of carbonyl (C=O) groups is 2. The van der Waals surface area contributed by atoms with Crippen LogP contribution in [-0.2, 0) is 0 Å². The number of imide groups is 1. The second-order valence-electron chi connectivity index (χ2n) is 4.79. The van der Waals surface area contributed by atoms with Gasteiger partial charge in [-0.1, -0.05) is 11.6 Å². The van der Waals surface area contributed by atoms with Crippen molar-refractivity contribution in [1.29, 1.82) is 0 Å². The molecule has 122 valence electrons. The second-order valence-corrected chi connectivity index (χ2v) is 6.08. The van der Waals surface area contributed by atoms with E-state index in [0.29, 0.717) is 0 Å². The molecule has 9 nitrogen and oxygen atoms in total. The van der Waals surface area contributed by atoms with Gasteiger partial charge in [-0.05, 0) is 22.0 Å². The minimum absolute atomic E-state index is 0.0676. The van der Waals surface area contributed by atoms with Crippen molar-refractivity contribution in [2.45, 2.75) is 0 Å². The van der Waals surface area contributed by atoms with Crippen LogP contribution >= 0.6 is 27.5 Å². The van der Waals surface area contributed by atoms with Crippen molar-refractivity contribution in [3.8, 4) is 5.69 Å². The lowest BCUT2D eigenvalue weighted by atomic mass is 10.1. The Morgan fingerprint density at radius 1 is 1.21 bits per heavy atom. The molecule has 0 unspecified atom stereocenters. The van der Waals surface area contributed by atoms with Crippen LogP contribution in [0.2, 0.25) is 5.02 Å². The highest BCUT2D eigenvalue weighted by atomic mass is 79.9. The third-order valence-electron chi connectivity index (χ3n) is 3.38. The number of pyridine rings is 1. The number of halogens is 2. The van der Waals surface area contributed by atoms with Crippen LogP contribution in [0.1, 0.15) is 20.7 Å². The lowest BCUT2D eigenvalue weighted by molar-refractivity contribution is -0.384. The normalized spacial score (nSPS) is 12.9. The fraction of sp³-hybridized carbons (Fsp3) is 0. The molecule has 1 aliphatic rings. The van der Waals surface area contributed by atoms with Crippen LogP contribution in [-0.4, -0.2) is 21.3 Å². The number of aromatic nitrogens is 1. The van der Waals surface area contributed by atoms with E-state index in [4.69, 9.17) is 17.3 Å². The summed E-state index contributed by atoms with van der Waals surface area (Å²) in [6.45, 7) is 0. The van der Waals surface area contributed by atoms with E-state index in [-0.39, 0.29) is 32.1 Å². The van der Waals surface area contributed by atoms with Gasteiger partial charge in [-0.25, -0.2) is 0 Å². The number of hydrogen-bond acceptors (Lipinski definition) is 6. The van der Waals surface area contributed by atoms with Gasteiger partial charge in [0.2, 0.25) is 0 Å². The van der Waals surface area contributed by atoms with Gasteiger partial charge < -0.3 is 5.73 Å². The molecule has 0 saturated heterocycles. The average molecular weight is 414 g/mol. The monoisotopic (exact) mass is 412 g/mol. The summed E-state index contributed by atoms with van der Waals surface area (Å²) in [5, 5.41) is 13.4. The van der Waals surface area contributed by atoms with E-state index in [0.717, 1.165) is 16.7 Å². The Hall–Kier alpha value is -2.72. The number of benzene rings is 1. The molecule has 3 N–H and O–H groups in total. The van der Waals surface area contributed by atoms with Gasteiger partial charge in [0, 0.05) is 17.2 Å². The predicted molar refractivity (Wildman–Crippen MR) is 87.6 cm³/mol. The van der Waals surface area contributed by atoms with Gasteiger partial charge in [-0.3, -0.25) is 34.4 Å². The Kier molecular flexibility index (Phi) is 3.65. The smallest absolute Gasteiger partial charge is 0.296 e. The van der Waals surface area contributed by atoms with Crippen molar-refractivity contribution in [2.24, 2.45) is 0 Å². The van der Waals surface area contributed by atoms with E-state index in [1.165, 1.54) is 6.07 Å². The number of nitrogens with zero attached hydrogens (tertiary/aromatic N) is 2. The molecule has 0 saturated carbocycles. The Morgan fingerprint density at radius 3 is 2.50 bits per heavy atom. The minimum atomic E-state index is -0.803. The van der Waals surface area contributed by atoms with Crippen molar-refractivity contribution in [3.63, 3.8) is 0 Å². The fourth-order valence-corrected chi connectivity index (χ4v) is 3.39. The van der Waals surface area contributed by atoms with E-state index in [9.17, 15) is 24.5 Å². The highest BCUT2D eigenvalue weighted by Gasteiger charge is 2.33. The lowest BCUT2D eigenvalue weighted by Crippen LogP contribution is -2.25. The standard InChI is InChI=1S/C13H6BrClN4O5/c14-6-1-4(15)2-7(19(23)24)10(6)18-8(20)3-5-9(11(18)16)13(22)17-12(5)21/h1-3H,16H2,(H,17,21,22). The first-order valence-corrected chi connectivity index (χ1v) is 7.44. The van der Waals surface area contributed by atoms with Crippen LogP contribution in [0, 0.1) is 10.1 Å². The van der Waals surface area contributed by atoms with Gasteiger partial charge >= 0.3 is 0 Å². The maximum absolute atomic E-state index is 12.4. The predicted octanol–water partition coefficient (Wildman–Crippen LogP) is 1.63. The van der Waals surface area contributed by atoms with Crippen LogP contribution in [0.3, 0.4) is 0 Å². The molecule has 0 fully saturated rings. The number of nitrogens with two attached hydrogens (primary N) is 1. The SMILES string of the molecule is Nc1c2c(cc(=O)n1-c1c(Br)cc(Cl)cc1[N+](=O)[O-])C(=O)NC2=O. The molecule has 0 spiro atoms. The minimum Gasteiger partial charge on any atom is -0.384 e. The van der Waals surface area contributed by atoms with Gasteiger partial charge in [-0.15, -0.1) is 0 Å². The largest absolute Gasteiger partial charge is 0.384 e. The van der Waals surface area contributed by atoms with Gasteiger partial charge in [0.1, 0.15) is 11.5 Å². The Morgan fingerprint density at radius 2 is 1.88 bits per heavy atom. The third kappa shape index (κ3) is 2.27. The number of amides is 2. The van der Waals surface area contributed by atoms with Crippen molar-refractivity contribution in [2.75, 3.05) is 5.73 Å². The molecular formula is C13H6BrClN4O5. The molecule has 2 heterocycles. The third-order valence-corrected chi connectivity index (χ3v) is 4.20. The molecule has 1 aromatic heterocycles. The summed E-state index contributed by atoms with van der Waals surface area (Å²) in [4.78, 5) is 46.4. The van der Waals surface area contributed by atoms with Gasteiger partial charge in [0.15, 0.2) is 0 Å². The first-order chi connectivity index (χ1) is 11.2. The van der Waals surface area contributed by atoms with E-state index in [1.807, 2.05) is 5.32 Å². The Labute approximate surface area is 146 Å². The lowest BCUT2D eigenvalue weighted by Gasteiger charge is -2.13. The zero-order valence-electron chi connectivity index (χ0n) is 11.5. The number of carbonyl (C=O) groups excluding carboxylic acids is 2. The van der Waals surface area contributed by atoms with Crippen LogP contribution in [0.4, 0.5) is 11.5 Å². The van der Waals surface area contributed by atoms with Crippen molar-refractivity contribution in [1.82, 2.24) is 9.88 Å². The summed E-state index contributed by atoms with van der Waals surface area (Å²) in [5.74, 6) is -1.92.